The summed E-state index contributed by atoms with van der Waals surface area (Å²) in [5.41, 5.74) is 4.85. The van der Waals surface area contributed by atoms with Gasteiger partial charge in [-0.2, -0.15) is 0 Å². The van der Waals surface area contributed by atoms with Crippen LogP contribution in [0.1, 0.15) is 42.5 Å². The maximum absolute atomic E-state index is 12.8. The molecule has 0 aliphatic carbocycles. The molecule has 2 aromatic rings. The van der Waals surface area contributed by atoms with Crippen LogP contribution in [0.3, 0.4) is 0 Å². The SMILES string of the molecule is CC(C)c1nc2c(n1C)CCN(CC(=O)N1CCc3ccccc31)C2. The van der Waals surface area contributed by atoms with E-state index in [2.05, 4.69) is 42.5 Å². The van der Waals surface area contributed by atoms with Crippen molar-refractivity contribution in [2.45, 2.75) is 39.2 Å². The summed E-state index contributed by atoms with van der Waals surface area (Å²) in [6.07, 6.45) is 1.93. The molecule has 2 aliphatic heterocycles. The molecule has 1 amide bonds. The average Bonchev–Trinajstić information content (AvgIpc) is 3.16. The van der Waals surface area contributed by atoms with E-state index in [4.69, 9.17) is 4.98 Å². The van der Waals surface area contributed by atoms with E-state index in [9.17, 15) is 4.79 Å². The van der Waals surface area contributed by atoms with Gasteiger partial charge in [0.2, 0.25) is 5.91 Å². The van der Waals surface area contributed by atoms with Crippen LogP contribution in [0.5, 0.6) is 0 Å². The zero-order chi connectivity index (χ0) is 17.6. The molecule has 3 heterocycles. The van der Waals surface area contributed by atoms with Gasteiger partial charge in [-0.3, -0.25) is 9.69 Å². The van der Waals surface area contributed by atoms with Gasteiger partial charge in [0.1, 0.15) is 5.82 Å². The number of imidazole rings is 1. The van der Waals surface area contributed by atoms with E-state index in [0.717, 1.165) is 49.7 Å². The number of rotatable bonds is 3. The first kappa shape index (κ1) is 16.3. The van der Waals surface area contributed by atoms with E-state index >= 15 is 0 Å². The number of anilines is 1. The van der Waals surface area contributed by atoms with Crippen LogP contribution in [0.25, 0.3) is 0 Å². The van der Waals surface area contributed by atoms with Crippen molar-refractivity contribution in [2.75, 3.05) is 24.5 Å². The summed E-state index contributed by atoms with van der Waals surface area (Å²) in [5, 5.41) is 0. The van der Waals surface area contributed by atoms with Crippen LogP contribution >= 0.6 is 0 Å². The van der Waals surface area contributed by atoms with Gasteiger partial charge in [-0.1, -0.05) is 32.0 Å². The number of aromatic nitrogens is 2. The Morgan fingerprint density at radius 2 is 2.00 bits per heavy atom. The second-order valence-corrected chi connectivity index (χ2v) is 7.46. The van der Waals surface area contributed by atoms with Gasteiger partial charge < -0.3 is 9.47 Å². The van der Waals surface area contributed by atoms with Crippen LogP contribution in [-0.4, -0.2) is 40.0 Å². The van der Waals surface area contributed by atoms with Crippen LogP contribution < -0.4 is 4.90 Å². The molecule has 5 nitrogen and oxygen atoms in total. The maximum atomic E-state index is 12.8. The number of para-hydroxylation sites is 1. The quantitative estimate of drug-likeness (QED) is 0.863. The number of amides is 1. The first-order valence-corrected chi connectivity index (χ1v) is 9.19. The highest BCUT2D eigenvalue weighted by atomic mass is 16.2. The van der Waals surface area contributed by atoms with Gasteiger partial charge in [-0.15, -0.1) is 0 Å². The molecular weight excluding hydrogens is 312 g/mol. The molecule has 0 atom stereocenters. The number of benzene rings is 1. The third kappa shape index (κ3) is 2.86. The topological polar surface area (TPSA) is 41.4 Å². The molecule has 0 saturated carbocycles. The fourth-order valence-corrected chi connectivity index (χ4v) is 4.13. The highest BCUT2D eigenvalue weighted by Crippen LogP contribution is 2.28. The Kier molecular flexibility index (Phi) is 4.12. The third-order valence-corrected chi connectivity index (χ3v) is 5.43. The Bertz CT molecular complexity index is 808. The molecule has 0 radical (unpaired) electrons. The van der Waals surface area contributed by atoms with Crippen molar-refractivity contribution in [3.05, 3.63) is 47.0 Å². The summed E-state index contributed by atoms with van der Waals surface area (Å²) in [6.45, 7) is 7.34. The molecule has 0 unspecified atom stereocenters. The van der Waals surface area contributed by atoms with Crippen molar-refractivity contribution in [1.29, 1.82) is 0 Å². The van der Waals surface area contributed by atoms with Crippen LogP contribution in [0.4, 0.5) is 5.69 Å². The lowest BCUT2D eigenvalue weighted by atomic mass is 10.1. The minimum atomic E-state index is 0.202. The molecule has 132 valence electrons. The molecule has 0 saturated heterocycles. The summed E-state index contributed by atoms with van der Waals surface area (Å²) in [6, 6.07) is 8.24. The van der Waals surface area contributed by atoms with Gasteiger partial charge in [0.05, 0.1) is 12.2 Å². The Hall–Kier alpha value is -2.14. The van der Waals surface area contributed by atoms with E-state index in [1.165, 1.54) is 11.3 Å². The van der Waals surface area contributed by atoms with E-state index in [1.807, 2.05) is 17.0 Å². The van der Waals surface area contributed by atoms with Gasteiger partial charge in [0, 0.05) is 50.4 Å². The van der Waals surface area contributed by atoms with Crippen molar-refractivity contribution < 1.29 is 4.79 Å². The predicted molar refractivity (Wildman–Crippen MR) is 98.8 cm³/mol. The van der Waals surface area contributed by atoms with Crippen LogP contribution in [0, 0.1) is 0 Å². The summed E-state index contributed by atoms with van der Waals surface area (Å²) in [7, 11) is 2.11. The Labute approximate surface area is 149 Å². The molecule has 0 fully saturated rings. The van der Waals surface area contributed by atoms with Gasteiger partial charge in [-0.05, 0) is 18.1 Å². The van der Waals surface area contributed by atoms with Crippen molar-refractivity contribution in [3.8, 4) is 0 Å². The number of hydrogen-bond donors (Lipinski definition) is 0. The fraction of sp³-hybridized carbons (Fsp3) is 0.500. The summed E-state index contributed by atoms with van der Waals surface area (Å²) >= 11 is 0. The Morgan fingerprint density at radius 1 is 1.20 bits per heavy atom. The van der Waals surface area contributed by atoms with Crippen LogP contribution in [-0.2, 0) is 31.2 Å². The highest BCUT2D eigenvalue weighted by Gasteiger charge is 2.28. The minimum absolute atomic E-state index is 0.202. The van der Waals surface area contributed by atoms with E-state index in [-0.39, 0.29) is 5.91 Å². The molecule has 2 aliphatic rings. The standard InChI is InChI=1S/C20H26N4O/c1-14(2)20-21-16-12-23(10-9-18(16)22(20)3)13-19(25)24-11-8-15-6-4-5-7-17(15)24/h4-7,14H,8-13H2,1-3H3. The molecule has 0 N–H and O–H groups in total. The molecule has 0 spiro atoms. The zero-order valence-electron chi connectivity index (χ0n) is 15.3. The second-order valence-electron chi connectivity index (χ2n) is 7.46. The Morgan fingerprint density at radius 3 is 2.80 bits per heavy atom. The van der Waals surface area contributed by atoms with E-state index < -0.39 is 0 Å². The van der Waals surface area contributed by atoms with Crippen molar-refractivity contribution >= 4 is 11.6 Å². The first-order valence-electron chi connectivity index (χ1n) is 9.19. The second kappa shape index (κ2) is 6.30. The predicted octanol–water partition coefficient (Wildman–Crippen LogP) is 2.49. The van der Waals surface area contributed by atoms with Crippen LogP contribution in [0.2, 0.25) is 0 Å². The number of nitrogens with zero attached hydrogens (tertiary/aromatic N) is 4. The molecule has 4 rings (SSSR count). The lowest BCUT2D eigenvalue weighted by Gasteiger charge is -2.28. The van der Waals surface area contributed by atoms with Crippen LogP contribution in [0.15, 0.2) is 24.3 Å². The third-order valence-electron chi connectivity index (χ3n) is 5.43. The Balaban J connectivity index is 1.46. The summed E-state index contributed by atoms with van der Waals surface area (Å²) in [4.78, 5) is 21.9. The smallest absolute Gasteiger partial charge is 0.241 e. The molecule has 1 aromatic heterocycles. The molecular formula is C20H26N4O. The van der Waals surface area contributed by atoms with Crippen molar-refractivity contribution in [3.63, 3.8) is 0 Å². The van der Waals surface area contributed by atoms with Gasteiger partial charge in [-0.25, -0.2) is 4.98 Å². The first-order chi connectivity index (χ1) is 12.0. The number of carbonyl (C=O) groups is 1. The minimum Gasteiger partial charge on any atom is -0.335 e. The normalized spacial score (nSPS) is 17.0. The van der Waals surface area contributed by atoms with Gasteiger partial charge >= 0.3 is 0 Å². The van der Waals surface area contributed by atoms with Gasteiger partial charge in [0.25, 0.3) is 0 Å². The van der Waals surface area contributed by atoms with Gasteiger partial charge in [0.15, 0.2) is 0 Å². The molecule has 1 aromatic carbocycles. The zero-order valence-corrected chi connectivity index (χ0v) is 15.3. The summed E-state index contributed by atoms with van der Waals surface area (Å²) < 4.78 is 2.25. The number of carbonyl (C=O) groups excluding carboxylic acids is 1. The monoisotopic (exact) mass is 338 g/mol. The number of hydrogen-bond acceptors (Lipinski definition) is 3. The lowest BCUT2D eigenvalue weighted by Crippen LogP contribution is -2.42. The molecule has 0 bridgehead atoms. The summed E-state index contributed by atoms with van der Waals surface area (Å²) in [5.74, 6) is 1.77. The lowest BCUT2D eigenvalue weighted by molar-refractivity contribution is -0.119. The average molecular weight is 338 g/mol. The van der Waals surface area contributed by atoms with E-state index in [1.54, 1.807) is 0 Å². The molecule has 25 heavy (non-hydrogen) atoms. The molecule has 5 heteroatoms. The highest BCUT2D eigenvalue weighted by molar-refractivity contribution is 5.96. The number of fused-ring (bicyclic) bond motifs is 2. The fourth-order valence-electron chi connectivity index (χ4n) is 4.13. The largest absolute Gasteiger partial charge is 0.335 e. The van der Waals surface area contributed by atoms with Crippen molar-refractivity contribution in [2.24, 2.45) is 7.05 Å². The van der Waals surface area contributed by atoms with Crippen molar-refractivity contribution in [1.82, 2.24) is 14.5 Å². The van der Waals surface area contributed by atoms with E-state index in [0.29, 0.717) is 12.5 Å². The maximum Gasteiger partial charge on any atom is 0.241 e.